The van der Waals surface area contributed by atoms with Gasteiger partial charge in [-0.1, -0.05) is 38.1 Å². The molecule has 2 aromatic carbocycles. The van der Waals surface area contributed by atoms with Crippen LogP contribution in [0.15, 0.2) is 48.5 Å². The fraction of sp³-hybridized carbons (Fsp3) is 0.478. The smallest absolute Gasteiger partial charge is 0.229 e. The molecule has 1 aliphatic heterocycles. The van der Waals surface area contributed by atoms with Gasteiger partial charge in [-0.25, -0.2) is 8.42 Å². The molecule has 0 radical (unpaired) electrons. The highest BCUT2D eigenvalue weighted by atomic mass is 32.2. The lowest BCUT2D eigenvalue weighted by Gasteiger charge is -2.45. The summed E-state index contributed by atoms with van der Waals surface area (Å²) >= 11 is 0. The Morgan fingerprint density at radius 2 is 1.97 bits per heavy atom. The van der Waals surface area contributed by atoms with Crippen molar-refractivity contribution in [3.63, 3.8) is 0 Å². The monoisotopic (exact) mass is 416 g/mol. The molecular formula is C23H32N2O3S. The van der Waals surface area contributed by atoms with E-state index < -0.39 is 10.0 Å². The van der Waals surface area contributed by atoms with Gasteiger partial charge in [-0.3, -0.25) is 4.72 Å². The maximum atomic E-state index is 11.6. The van der Waals surface area contributed by atoms with E-state index in [9.17, 15) is 8.42 Å². The van der Waals surface area contributed by atoms with Gasteiger partial charge in [-0.2, -0.15) is 0 Å². The van der Waals surface area contributed by atoms with Crippen molar-refractivity contribution in [2.45, 2.75) is 32.1 Å². The van der Waals surface area contributed by atoms with Gasteiger partial charge in [-0.15, -0.1) is 0 Å². The Morgan fingerprint density at radius 3 is 2.66 bits per heavy atom. The van der Waals surface area contributed by atoms with Crippen LogP contribution in [-0.2, 0) is 21.9 Å². The molecule has 0 aromatic heterocycles. The zero-order chi connectivity index (χ0) is 21.1. The van der Waals surface area contributed by atoms with Crippen LogP contribution in [0.5, 0.6) is 5.75 Å². The summed E-state index contributed by atoms with van der Waals surface area (Å²) in [6.45, 7) is 7.70. The van der Waals surface area contributed by atoms with Crippen LogP contribution in [0.2, 0.25) is 0 Å². The second kappa shape index (κ2) is 8.76. The van der Waals surface area contributed by atoms with E-state index in [0.717, 1.165) is 38.2 Å². The number of hydrogen-bond donors (Lipinski definition) is 1. The summed E-state index contributed by atoms with van der Waals surface area (Å²) in [5, 5.41) is 0. The van der Waals surface area contributed by atoms with E-state index in [0.29, 0.717) is 11.6 Å². The molecule has 1 aliphatic rings. The Morgan fingerprint density at radius 1 is 1.21 bits per heavy atom. The summed E-state index contributed by atoms with van der Waals surface area (Å²) < 4.78 is 31.1. The minimum absolute atomic E-state index is 0.0294. The molecule has 0 amide bonds. The Balaban J connectivity index is 1.65. The van der Waals surface area contributed by atoms with Crippen molar-refractivity contribution < 1.29 is 13.2 Å². The van der Waals surface area contributed by atoms with Gasteiger partial charge in [0.15, 0.2) is 0 Å². The van der Waals surface area contributed by atoms with Crippen LogP contribution >= 0.6 is 0 Å². The lowest BCUT2D eigenvalue weighted by molar-refractivity contribution is 0.112. The Kier molecular flexibility index (Phi) is 6.54. The predicted octanol–water partition coefficient (Wildman–Crippen LogP) is 3.91. The van der Waals surface area contributed by atoms with Crippen molar-refractivity contribution in [3.05, 3.63) is 59.7 Å². The molecule has 2 aromatic rings. The van der Waals surface area contributed by atoms with E-state index in [4.69, 9.17) is 4.74 Å². The number of methoxy groups -OCH3 is 1. The van der Waals surface area contributed by atoms with Gasteiger partial charge in [0, 0.05) is 18.8 Å². The van der Waals surface area contributed by atoms with Crippen LogP contribution in [0.4, 0.5) is 5.69 Å². The lowest BCUT2D eigenvalue weighted by Crippen LogP contribution is -2.47. The Hall–Kier alpha value is -2.05. The molecule has 0 spiro atoms. The SMILES string of the molecule is COc1cccc(CCN2CCC(C)(c3cccc(NS(C)(=O)=O)c3)C(C)C2)c1. The van der Waals surface area contributed by atoms with E-state index in [-0.39, 0.29) is 5.41 Å². The zero-order valence-electron chi connectivity index (χ0n) is 17.8. The van der Waals surface area contributed by atoms with Gasteiger partial charge in [0.2, 0.25) is 10.0 Å². The first-order chi connectivity index (χ1) is 13.7. The third-order valence-corrected chi connectivity index (χ3v) is 6.85. The quantitative estimate of drug-likeness (QED) is 0.743. The van der Waals surface area contributed by atoms with Gasteiger partial charge < -0.3 is 9.64 Å². The van der Waals surface area contributed by atoms with Gasteiger partial charge in [0.25, 0.3) is 0 Å². The van der Waals surface area contributed by atoms with Crippen molar-refractivity contribution in [1.29, 1.82) is 0 Å². The maximum Gasteiger partial charge on any atom is 0.229 e. The molecule has 2 unspecified atom stereocenters. The molecule has 3 rings (SSSR count). The highest BCUT2D eigenvalue weighted by Crippen LogP contribution is 2.40. The van der Waals surface area contributed by atoms with E-state index in [1.165, 1.54) is 17.4 Å². The summed E-state index contributed by atoms with van der Waals surface area (Å²) in [6.07, 6.45) is 3.24. The molecule has 0 saturated carbocycles. The van der Waals surface area contributed by atoms with Gasteiger partial charge >= 0.3 is 0 Å². The standard InChI is InChI=1S/C23H32N2O3S/c1-18-17-25(13-11-19-7-5-10-22(15-19)28-3)14-12-23(18,2)20-8-6-9-21(16-20)24-29(4,26)27/h5-10,15-16,18,24H,11-14,17H2,1-4H3. The number of rotatable bonds is 7. The topological polar surface area (TPSA) is 58.6 Å². The molecule has 1 fully saturated rings. The largest absolute Gasteiger partial charge is 0.497 e. The normalized spacial score (nSPS) is 23.0. The molecule has 0 aliphatic carbocycles. The van der Waals surface area contributed by atoms with Crippen LogP contribution in [0.1, 0.15) is 31.4 Å². The first-order valence-corrected chi connectivity index (χ1v) is 12.0. The van der Waals surface area contributed by atoms with Crippen LogP contribution < -0.4 is 9.46 Å². The minimum Gasteiger partial charge on any atom is -0.497 e. The van der Waals surface area contributed by atoms with Crippen molar-refractivity contribution in [2.24, 2.45) is 5.92 Å². The van der Waals surface area contributed by atoms with Crippen LogP contribution in [0.25, 0.3) is 0 Å². The predicted molar refractivity (Wildman–Crippen MR) is 119 cm³/mol. The first kappa shape index (κ1) is 21.7. The fourth-order valence-electron chi connectivity index (χ4n) is 4.22. The van der Waals surface area contributed by atoms with E-state index in [2.05, 4.69) is 41.7 Å². The molecule has 6 heteroatoms. The summed E-state index contributed by atoms with van der Waals surface area (Å²) in [4.78, 5) is 2.53. The van der Waals surface area contributed by atoms with E-state index in [1.807, 2.05) is 30.3 Å². The summed E-state index contributed by atoms with van der Waals surface area (Å²) in [5.74, 6) is 1.37. The molecule has 29 heavy (non-hydrogen) atoms. The molecule has 1 saturated heterocycles. The second-order valence-corrected chi connectivity index (χ2v) is 10.2. The number of likely N-dealkylation sites (tertiary alicyclic amines) is 1. The number of ether oxygens (including phenoxy) is 1. The van der Waals surface area contributed by atoms with Crippen molar-refractivity contribution in [3.8, 4) is 5.75 Å². The molecular weight excluding hydrogens is 384 g/mol. The Labute approximate surface area is 175 Å². The number of nitrogens with zero attached hydrogens (tertiary/aromatic N) is 1. The molecule has 1 N–H and O–H groups in total. The summed E-state index contributed by atoms with van der Waals surface area (Å²) in [6, 6.07) is 16.1. The second-order valence-electron chi connectivity index (χ2n) is 8.43. The highest BCUT2D eigenvalue weighted by Gasteiger charge is 2.37. The highest BCUT2D eigenvalue weighted by molar-refractivity contribution is 7.92. The fourth-order valence-corrected chi connectivity index (χ4v) is 4.77. The number of hydrogen-bond acceptors (Lipinski definition) is 4. The molecule has 2 atom stereocenters. The maximum absolute atomic E-state index is 11.6. The van der Waals surface area contributed by atoms with Crippen LogP contribution in [-0.4, -0.2) is 46.3 Å². The number of piperidine rings is 1. The van der Waals surface area contributed by atoms with E-state index >= 15 is 0 Å². The van der Waals surface area contributed by atoms with E-state index in [1.54, 1.807) is 7.11 Å². The number of benzene rings is 2. The first-order valence-electron chi connectivity index (χ1n) is 10.1. The third kappa shape index (κ3) is 5.52. The van der Waals surface area contributed by atoms with Crippen molar-refractivity contribution in [1.82, 2.24) is 4.90 Å². The van der Waals surface area contributed by atoms with Gasteiger partial charge in [0.05, 0.1) is 13.4 Å². The molecule has 1 heterocycles. The molecule has 158 valence electrons. The summed E-state index contributed by atoms with van der Waals surface area (Å²) in [7, 11) is -1.57. The average molecular weight is 417 g/mol. The molecule has 5 nitrogen and oxygen atoms in total. The van der Waals surface area contributed by atoms with Crippen molar-refractivity contribution in [2.75, 3.05) is 37.7 Å². The third-order valence-electron chi connectivity index (χ3n) is 6.24. The van der Waals surface area contributed by atoms with Gasteiger partial charge in [0.1, 0.15) is 5.75 Å². The van der Waals surface area contributed by atoms with Crippen LogP contribution in [0.3, 0.4) is 0 Å². The number of anilines is 1. The minimum atomic E-state index is -3.27. The van der Waals surface area contributed by atoms with Crippen LogP contribution in [0, 0.1) is 5.92 Å². The molecule has 0 bridgehead atoms. The zero-order valence-corrected chi connectivity index (χ0v) is 18.6. The number of nitrogens with one attached hydrogen (secondary N) is 1. The summed E-state index contributed by atoms with van der Waals surface area (Å²) in [5.41, 5.74) is 3.16. The van der Waals surface area contributed by atoms with Crippen molar-refractivity contribution >= 4 is 15.7 Å². The average Bonchev–Trinajstić information content (AvgIpc) is 2.68. The lowest BCUT2D eigenvalue weighted by atomic mass is 9.68. The van der Waals surface area contributed by atoms with Gasteiger partial charge in [-0.05, 0) is 66.1 Å². The Bertz CT molecular complexity index is 945. The number of sulfonamides is 1.